The van der Waals surface area contributed by atoms with Crippen LogP contribution < -0.4 is 0 Å². The van der Waals surface area contributed by atoms with Crippen LogP contribution in [0.4, 0.5) is 0 Å². The van der Waals surface area contributed by atoms with Crippen LogP contribution in [0, 0.1) is 5.92 Å². The first-order chi connectivity index (χ1) is 5.95. The van der Waals surface area contributed by atoms with Gasteiger partial charge in [0.1, 0.15) is 0 Å². The average molecular weight is 185 g/mol. The van der Waals surface area contributed by atoms with Crippen molar-refractivity contribution >= 4 is 5.91 Å². The smallest absolute Gasteiger partial charge is 0.223 e. The molecule has 0 saturated carbocycles. The zero-order valence-corrected chi connectivity index (χ0v) is 8.71. The molecule has 0 aliphatic carbocycles. The van der Waals surface area contributed by atoms with Gasteiger partial charge in [0, 0.05) is 25.1 Å². The first kappa shape index (κ1) is 10.5. The molecular weight excluding hydrogens is 166 g/mol. The Kier molecular flexibility index (Phi) is 2.96. The summed E-state index contributed by atoms with van der Waals surface area (Å²) in [6, 6.07) is 0. The lowest BCUT2D eigenvalue weighted by Crippen LogP contribution is -2.50. The highest BCUT2D eigenvalue weighted by Gasteiger charge is 2.31. The fourth-order valence-corrected chi connectivity index (χ4v) is 1.76. The van der Waals surface area contributed by atoms with Crippen molar-refractivity contribution in [2.24, 2.45) is 5.92 Å². The van der Waals surface area contributed by atoms with Crippen molar-refractivity contribution in [3.05, 3.63) is 0 Å². The lowest BCUT2D eigenvalue weighted by molar-refractivity contribution is -0.141. The van der Waals surface area contributed by atoms with Gasteiger partial charge in [0.2, 0.25) is 5.91 Å². The number of aliphatic hydroxyl groups excluding tert-OH is 1. The first-order valence-corrected chi connectivity index (χ1v) is 4.86. The third-order valence-corrected chi connectivity index (χ3v) is 2.59. The van der Waals surface area contributed by atoms with Crippen LogP contribution in [0.1, 0.15) is 33.6 Å². The summed E-state index contributed by atoms with van der Waals surface area (Å²) in [4.78, 5) is 13.5. The van der Waals surface area contributed by atoms with Crippen LogP contribution in [0.25, 0.3) is 0 Å². The van der Waals surface area contributed by atoms with Gasteiger partial charge in [-0.05, 0) is 33.1 Å². The molecular formula is C10H19NO2. The van der Waals surface area contributed by atoms with E-state index in [1.165, 1.54) is 0 Å². The lowest BCUT2D eigenvalue weighted by atomic mass is 9.93. The van der Waals surface area contributed by atoms with Crippen molar-refractivity contribution in [2.75, 3.05) is 13.2 Å². The van der Waals surface area contributed by atoms with Crippen molar-refractivity contribution in [3.8, 4) is 0 Å². The number of amides is 1. The van der Waals surface area contributed by atoms with Crippen molar-refractivity contribution in [2.45, 2.75) is 39.2 Å². The predicted molar refractivity (Wildman–Crippen MR) is 51.3 cm³/mol. The normalized spacial score (nSPS) is 25.1. The molecule has 0 aromatic heterocycles. The molecule has 3 nitrogen and oxygen atoms in total. The molecule has 13 heavy (non-hydrogen) atoms. The zero-order chi connectivity index (χ0) is 10.1. The molecule has 1 heterocycles. The van der Waals surface area contributed by atoms with Gasteiger partial charge in [-0.15, -0.1) is 0 Å². The number of nitrogens with zero attached hydrogens (tertiary/aromatic N) is 1. The Morgan fingerprint density at radius 2 is 2.15 bits per heavy atom. The maximum absolute atomic E-state index is 11.6. The predicted octanol–water partition coefficient (Wildman–Crippen LogP) is 1.02. The molecule has 3 heteroatoms. The number of piperidine rings is 1. The van der Waals surface area contributed by atoms with E-state index in [0.29, 0.717) is 6.42 Å². The summed E-state index contributed by atoms with van der Waals surface area (Å²) < 4.78 is 0. The van der Waals surface area contributed by atoms with E-state index in [2.05, 4.69) is 0 Å². The maximum atomic E-state index is 11.6. The van der Waals surface area contributed by atoms with Gasteiger partial charge in [0.25, 0.3) is 0 Å². The third-order valence-electron chi connectivity index (χ3n) is 2.59. The molecule has 1 amide bonds. The second-order valence-corrected chi connectivity index (χ2v) is 4.76. The summed E-state index contributed by atoms with van der Waals surface area (Å²) in [5, 5.41) is 8.93. The number of carbonyl (C=O) groups is 1. The van der Waals surface area contributed by atoms with Crippen LogP contribution in [0.3, 0.4) is 0 Å². The highest BCUT2D eigenvalue weighted by atomic mass is 16.3. The Morgan fingerprint density at radius 1 is 1.54 bits per heavy atom. The highest BCUT2D eigenvalue weighted by Crippen LogP contribution is 2.24. The van der Waals surface area contributed by atoms with E-state index in [1.807, 2.05) is 25.7 Å². The molecule has 76 valence electrons. The molecule has 0 radical (unpaired) electrons. The van der Waals surface area contributed by atoms with Crippen LogP contribution >= 0.6 is 0 Å². The molecule has 1 aliphatic rings. The molecule has 0 aromatic carbocycles. The third kappa shape index (κ3) is 2.44. The molecule has 0 unspecified atom stereocenters. The minimum Gasteiger partial charge on any atom is -0.396 e. The molecule has 0 aromatic rings. The lowest BCUT2D eigenvalue weighted by Gasteiger charge is -2.40. The molecule has 1 fully saturated rings. The van der Waals surface area contributed by atoms with Gasteiger partial charge < -0.3 is 10.0 Å². The van der Waals surface area contributed by atoms with Crippen LogP contribution in [0.2, 0.25) is 0 Å². The Balaban J connectivity index is 2.59. The quantitative estimate of drug-likeness (QED) is 0.662. The van der Waals surface area contributed by atoms with Gasteiger partial charge in [-0.1, -0.05) is 0 Å². The summed E-state index contributed by atoms with van der Waals surface area (Å²) in [5.41, 5.74) is -0.0719. The largest absolute Gasteiger partial charge is 0.396 e. The van der Waals surface area contributed by atoms with E-state index >= 15 is 0 Å². The summed E-state index contributed by atoms with van der Waals surface area (Å²) >= 11 is 0. The molecule has 0 spiro atoms. The minimum atomic E-state index is -0.0719. The van der Waals surface area contributed by atoms with Crippen molar-refractivity contribution in [1.82, 2.24) is 4.90 Å². The number of aliphatic hydroxyl groups is 1. The van der Waals surface area contributed by atoms with Crippen molar-refractivity contribution in [3.63, 3.8) is 0 Å². The van der Waals surface area contributed by atoms with Gasteiger partial charge in [0.05, 0.1) is 0 Å². The monoisotopic (exact) mass is 185 g/mol. The fourth-order valence-electron chi connectivity index (χ4n) is 1.76. The SMILES string of the molecule is CC(C)(C)N1CC[C@@H](CO)CC1=O. The van der Waals surface area contributed by atoms with Crippen LogP contribution in [-0.2, 0) is 4.79 Å². The summed E-state index contributed by atoms with van der Waals surface area (Å²) in [6.45, 7) is 7.07. The summed E-state index contributed by atoms with van der Waals surface area (Å²) in [6.07, 6.45) is 1.44. The number of carbonyl (C=O) groups excluding carboxylic acids is 1. The van der Waals surface area contributed by atoms with Gasteiger partial charge in [0.15, 0.2) is 0 Å². The van der Waals surface area contributed by atoms with Gasteiger partial charge in [-0.3, -0.25) is 4.79 Å². The van der Waals surface area contributed by atoms with E-state index in [-0.39, 0.29) is 24.0 Å². The molecule has 1 atom stereocenters. The molecule has 0 bridgehead atoms. The molecule has 1 N–H and O–H groups in total. The van der Waals surface area contributed by atoms with E-state index in [9.17, 15) is 4.79 Å². The molecule has 1 rings (SSSR count). The van der Waals surface area contributed by atoms with E-state index < -0.39 is 0 Å². The Labute approximate surface area is 79.7 Å². The highest BCUT2D eigenvalue weighted by molar-refractivity contribution is 5.78. The van der Waals surface area contributed by atoms with Crippen molar-refractivity contribution < 1.29 is 9.90 Å². The van der Waals surface area contributed by atoms with Crippen LogP contribution in [0.5, 0.6) is 0 Å². The number of likely N-dealkylation sites (tertiary alicyclic amines) is 1. The summed E-state index contributed by atoms with van der Waals surface area (Å²) in [7, 11) is 0. The number of hydrogen-bond acceptors (Lipinski definition) is 2. The van der Waals surface area contributed by atoms with Gasteiger partial charge in [-0.2, -0.15) is 0 Å². The Morgan fingerprint density at radius 3 is 2.54 bits per heavy atom. The van der Waals surface area contributed by atoms with Gasteiger partial charge in [-0.25, -0.2) is 0 Å². The number of rotatable bonds is 1. The maximum Gasteiger partial charge on any atom is 0.223 e. The first-order valence-electron chi connectivity index (χ1n) is 4.86. The Hall–Kier alpha value is -0.570. The summed E-state index contributed by atoms with van der Waals surface area (Å²) in [5.74, 6) is 0.365. The van der Waals surface area contributed by atoms with Crippen LogP contribution in [0.15, 0.2) is 0 Å². The van der Waals surface area contributed by atoms with E-state index in [1.54, 1.807) is 0 Å². The second kappa shape index (κ2) is 3.66. The van der Waals surface area contributed by atoms with E-state index in [0.717, 1.165) is 13.0 Å². The second-order valence-electron chi connectivity index (χ2n) is 4.76. The standard InChI is InChI=1S/C10H19NO2/c1-10(2,3)11-5-4-8(7-12)6-9(11)13/h8,12H,4-7H2,1-3H3/t8-/m1/s1. The topological polar surface area (TPSA) is 40.5 Å². The van der Waals surface area contributed by atoms with Gasteiger partial charge >= 0.3 is 0 Å². The average Bonchev–Trinajstić information content (AvgIpc) is 2.01. The fraction of sp³-hybridized carbons (Fsp3) is 0.900. The van der Waals surface area contributed by atoms with E-state index in [4.69, 9.17) is 5.11 Å². The molecule has 1 aliphatic heterocycles. The zero-order valence-electron chi connectivity index (χ0n) is 8.71. The number of hydrogen-bond donors (Lipinski definition) is 1. The minimum absolute atomic E-state index is 0.0719. The molecule has 1 saturated heterocycles. The van der Waals surface area contributed by atoms with Crippen molar-refractivity contribution in [1.29, 1.82) is 0 Å². The Bertz CT molecular complexity index is 196. The van der Waals surface area contributed by atoms with Crippen LogP contribution in [-0.4, -0.2) is 34.6 Å².